The fourth-order valence-electron chi connectivity index (χ4n) is 2.17. The van der Waals surface area contributed by atoms with Crippen LogP contribution in [-0.2, 0) is 14.8 Å². The molecule has 1 aromatic rings. The number of nitrogens with zero attached hydrogens (tertiary/aromatic N) is 1. The molecule has 0 spiro atoms. The van der Waals surface area contributed by atoms with Crippen molar-refractivity contribution in [1.29, 1.82) is 0 Å². The molecule has 1 aromatic carbocycles. The van der Waals surface area contributed by atoms with Crippen molar-refractivity contribution in [1.82, 2.24) is 4.31 Å². The number of halogens is 1. The number of aliphatic carboxylic acids is 1. The van der Waals surface area contributed by atoms with Crippen LogP contribution in [0.1, 0.15) is 12.5 Å². The topological polar surface area (TPSA) is 74.7 Å². The van der Waals surface area contributed by atoms with Crippen LogP contribution in [0.2, 0.25) is 5.02 Å². The largest absolute Gasteiger partial charge is 0.481 e. The van der Waals surface area contributed by atoms with Gasteiger partial charge in [0, 0.05) is 18.1 Å². The van der Waals surface area contributed by atoms with E-state index in [-0.39, 0.29) is 23.9 Å². The van der Waals surface area contributed by atoms with Crippen LogP contribution < -0.4 is 0 Å². The Kier molecular flexibility index (Phi) is 4.09. The second-order valence-electron chi connectivity index (χ2n) is 5.12. The first-order valence-corrected chi connectivity index (χ1v) is 8.04. The minimum atomic E-state index is -3.59. The van der Waals surface area contributed by atoms with Gasteiger partial charge in [0.05, 0.1) is 10.8 Å². The minimum absolute atomic E-state index is 0.137. The average molecular weight is 318 g/mol. The van der Waals surface area contributed by atoms with Gasteiger partial charge < -0.3 is 5.11 Å². The molecule has 0 aliphatic carbocycles. The van der Waals surface area contributed by atoms with Crippen molar-refractivity contribution >= 4 is 27.6 Å². The third kappa shape index (κ3) is 2.68. The van der Waals surface area contributed by atoms with Gasteiger partial charge in [-0.1, -0.05) is 24.6 Å². The summed E-state index contributed by atoms with van der Waals surface area (Å²) in [5.41, 5.74) is 0.629. The Labute approximate surface area is 123 Å². The minimum Gasteiger partial charge on any atom is -0.481 e. The van der Waals surface area contributed by atoms with E-state index < -0.39 is 21.9 Å². The zero-order valence-electron chi connectivity index (χ0n) is 11.2. The van der Waals surface area contributed by atoms with E-state index in [1.165, 1.54) is 10.4 Å². The van der Waals surface area contributed by atoms with E-state index in [0.717, 1.165) is 0 Å². The van der Waals surface area contributed by atoms with Crippen LogP contribution in [0, 0.1) is 18.8 Å². The number of carbonyl (C=O) groups is 1. The molecule has 0 amide bonds. The lowest BCUT2D eigenvalue weighted by Crippen LogP contribution is -2.53. The van der Waals surface area contributed by atoms with Crippen LogP contribution >= 0.6 is 11.6 Å². The van der Waals surface area contributed by atoms with Crippen molar-refractivity contribution in [3.63, 3.8) is 0 Å². The summed E-state index contributed by atoms with van der Waals surface area (Å²) in [4.78, 5) is 11.1. The molecular weight excluding hydrogens is 302 g/mol. The fourth-order valence-corrected chi connectivity index (χ4v) is 4.22. The van der Waals surface area contributed by atoms with Crippen molar-refractivity contribution in [2.75, 3.05) is 13.1 Å². The summed E-state index contributed by atoms with van der Waals surface area (Å²) in [6, 6.07) is 4.73. The maximum absolute atomic E-state index is 12.4. The zero-order chi connectivity index (χ0) is 15.1. The van der Waals surface area contributed by atoms with Crippen LogP contribution in [0.15, 0.2) is 23.1 Å². The van der Waals surface area contributed by atoms with Crippen LogP contribution in [-0.4, -0.2) is 36.9 Å². The smallest absolute Gasteiger partial charge is 0.306 e. The van der Waals surface area contributed by atoms with Gasteiger partial charge in [0.25, 0.3) is 0 Å². The van der Waals surface area contributed by atoms with Gasteiger partial charge in [-0.25, -0.2) is 8.42 Å². The molecule has 1 N–H and O–H groups in total. The molecule has 1 saturated heterocycles. The van der Waals surface area contributed by atoms with Gasteiger partial charge in [0.15, 0.2) is 0 Å². The molecule has 7 heteroatoms. The normalized spacial score (nSPS) is 18.6. The molecule has 1 heterocycles. The number of carboxylic acids is 1. The number of benzene rings is 1. The van der Waals surface area contributed by atoms with Gasteiger partial charge in [-0.3, -0.25) is 4.79 Å². The second kappa shape index (κ2) is 5.35. The molecule has 110 valence electrons. The molecule has 1 unspecified atom stereocenters. The van der Waals surface area contributed by atoms with Crippen molar-refractivity contribution < 1.29 is 18.3 Å². The molecule has 1 aliphatic heterocycles. The number of rotatable bonds is 4. The highest BCUT2D eigenvalue weighted by Gasteiger charge is 2.41. The Bertz CT molecular complexity index is 638. The highest BCUT2D eigenvalue weighted by atomic mass is 35.5. The summed E-state index contributed by atoms with van der Waals surface area (Å²) < 4.78 is 26.2. The Balaban J connectivity index is 2.18. The molecule has 1 atom stereocenters. The van der Waals surface area contributed by atoms with Crippen molar-refractivity contribution in [2.45, 2.75) is 18.7 Å². The average Bonchev–Trinajstić information content (AvgIpc) is 2.29. The fraction of sp³-hybridized carbons (Fsp3) is 0.462. The molecule has 0 aromatic heterocycles. The molecule has 5 nitrogen and oxygen atoms in total. The summed E-state index contributed by atoms with van der Waals surface area (Å²) in [7, 11) is -3.59. The van der Waals surface area contributed by atoms with E-state index in [1.807, 2.05) is 0 Å². The maximum Gasteiger partial charge on any atom is 0.306 e. The van der Waals surface area contributed by atoms with Gasteiger partial charge in [-0.15, -0.1) is 0 Å². The van der Waals surface area contributed by atoms with E-state index in [1.54, 1.807) is 26.0 Å². The summed E-state index contributed by atoms with van der Waals surface area (Å²) in [5.74, 6) is -1.57. The van der Waals surface area contributed by atoms with Crippen LogP contribution in [0.25, 0.3) is 0 Å². The summed E-state index contributed by atoms with van der Waals surface area (Å²) in [5, 5.41) is 9.28. The van der Waals surface area contributed by atoms with E-state index in [2.05, 4.69) is 0 Å². The highest BCUT2D eigenvalue weighted by Crippen LogP contribution is 2.31. The number of hydrogen-bond acceptors (Lipinski definition) is 3. The molecule has 1 fully saturated rings. The predicted molar refractivity (Wildman–Crippen MR) is 75.2 cm³/mol. The first-order valence-electron chi connectivity index (χ1n) is 6.22. The summed E-state index contributed by atoms with van der Waals surface area (Å²) in [6.07, 6.45) is 0. The van der Waals surface area contributed by atoms with E-state index in [9.17, 15) is 13.2 Å². The van der Waals surface area contributed by atoms with Crippen LogP contribution in [0.3, 0.4) is 0 Å². The van der Waals surface area contributed by atoms with E-state index in [4.69, 9.17) is 16.7 Å². The maximum atomic E-state index is 12.4. The molecular formula is C13H16ClNO4S. The summed E-state index contributed by atoms with van der Waals surface area (Å²) in [6.45, 7) is 3.78. The molecule has 0 radical (unpaired) electrons. The lowest BCUT2D eigenvalue weighted by Gasteiger charge is -2.40. The van der Waals surface area contributed by atoms with Crippen LogP contribution in [0.4, 0.5) is 0 Å². The third-order valence-corrected chi connectivity index (χ3v) is 5.95. The Morgan fingerprint density at radius 3 is 2.60 bits per heavy atom. The first-order chi connectivity index (χ1) is 9.23. The van der Waals surface area contributed by atoms with Crippen molar-refractivity contribution in [2.24, 2.45) is 11.8 Å². The number of aryl methyl sites for hydroxylation is 1. The van der Waals surface area contributed by atoms with E-state index >= 15 is 0 Å². The third-order valence-electron chi connectivity index (χ3n) is 3.74. The van der Waals surface area contributed by atoms with Gasteiger partial charge in [0.1, 0.15) is 0 Å². The van der Waals surface area contributed by atoms with Crippen molar-refractivity contribution in [3.05, 3.63) is 28.8 Å². The summed E-state index contributed by atoms with van der Waals surface area (Å²) >= 11 is 5.85. The molecule has 2 rings (SSSR count). The first kappa shape index (κ1) is 15.3. The Morgan fingerprint density at radius 2 is 2.05 bits per heavy atom. The van der Waals surface area contributed by atoms with Crippen LogP contribution in [0.5, 0.6) is 0 Å². The molecule has 0 bridgehead atoms. The number of sulfonamides is 1. The van der Waals surface area contributed by atoms with Gasteiger partial charge >= 0.3 is 5.97 Å². The molecule has 1 aliphatic rings. The van der Waals surface area contributed by atoms with Gasteiger partial charge in [-0.05, 0) is 30.5 Å². The lowest BCUT2D eigenvalue weighted by atomic mass is 9.89. The standard InChI is InChI=1S/C13H16ClNO4S/c1-8-3-4-11(14)5-12(8)20(18,19)15-6-10(7-15)9(2)13(16)17/h3-5,9-10H,6-7H2,1-2H3,(H,16,17). The molecule has 20 heavy (non-hydrogen) atoms. The predicted octanol–water partition coefficient (Wildman–Crippen LogP) is 1.99. The van der Waals surface area contributed by atoms with Crippen molar-refractivity contribution in [3.8, 4) is 0 Å². The number of hydrogen-bond donors (Lipinski definition) is 1. The monoisotopic (exact) mass is 317 g/mol. The van der Waals surface area contributed by atoms with Gasteiger partial charge in [0.2, 0.25) is 10.0 Å². The highest BCUT2D eigenvalue weighted by molar-refractivity contribution is 7.89. The Morgan fingerprint density at radius 1 is 1.45 bits per heavy atom. The van der Waals surface area contributed by atoms with Gasteiger partial charge in [-0.2, -0.15) is 4.31 Å². The molecule has 0 saturated carbocycles. The lowest BCUT2D eigenvalue weighted by molar-refractivity contribution is -0.144. The quantitative estimate of drug-likeness (QED) is 0.921. The number of carboxylic acid groups (broad SMARTS) is 1. The SMILES string of the molecule is Cc1ccc(Cl)cc1S(=O)(=O)N1CC(C(C)C(=O)O)C1. The zero-order valence-corrected chi connectivity index (χ0v) is 12.8. The second-order valence-corrected chi connectivity index (χ2v) is 7.46. The Hall–Kier alpha value is -1.11. The van der Waals surface area contributed by atoms with E-state index in [0.29, 0.717) is 10.6 Å².